The van der Waals surface area contributed by atoms with E-state index >= 15 is 0 Å². The largest absolute Gasteiger partial charge is 0.493 e. The molecule has 0 bridgehead atoms. The zero-order valence-corrected chi connectivity index (χ0v) is 13.2. The molecule has 0 radical (unpaired) electrons. The number of nitrogens with one attached hydrogen (secondary N) is 1. The Morgan fingerprint density at radius 2 is 1.73 bits per heavy atom. The minimum Gasteiger partial charge on any atom is -0.493 e. The van der Waals surface area contributed by atoms with Gasteiger partial charge in [-0.3, -0.25) is 4.79 Å². The molecule has 2 aromatic carbocycles. The van der Waals surface area contributed by atoms with Gasteiger partial charge in [0, 0.05) is 12.5 Å². The monoisotopic (exact) mass is 297 g/mol. The average Bonchev–Trinajstić information content (AvgIpc) is 2.57. The molecule has 3 heteroatoms. The van der Waals surface area contributed by atoms with Crippen LogP contribution in [0.25, 0.3) is 0 Å². The molecule has 1 unspecified atom stereocenters. The summed E-state index contributed by atoms with van der Waals surface area (Å²) in [7, 11) is 0. The maximum Gasteiger partial charge on any atom is 0.255 e. The second-order valence-electron chi connectivity index (χ2n) is 5.16. The summed E-state index contributed by atoms with van der Waals surface area (Å²) in [5, 5.41) is 3.03. The van der Waals surface area contributed by atoms with Gasteiger partial charge < -0.3 is 10.1 Å². The molecule has 0 heterocycles. The van der Waals surface area contributed by atoms with Crippen molar-refractivity contribution in [3.05, 3.63) is 65.7 Å². The van der Waals surface area contributed by atoms with Gasteiger partial charge in [-0.05, 0) is 31.0 Å². The average molecular weight is 297 g/mol. The van der Waals surface area contributed by atoms with Crippen molar-refractivity contribution in [2.24, 2.45) is 0 Å². The zero-order chi connectivity index (χ0) is 15.8. The quantitative estimate of drug-likeness (QED) is 0.838. The highest BCUT2D eigenvalue weighted by Crippen LogP contribution is 2.20. The van der Waals surface area contributed by atoms with E-state index in [4.69, 9.17) is 4.74 Å². The van der Waals surface area contributed by atoms with Crippen LogP contribution in [0.1, 0.15) is 42.1 Å². The van der Waals surface area contributed by atoms with Crippen molar-refractivity contribution in [2.75, 3.05) is 13.2 Å². The highest BCUT2D eigenvalue weighted by atomic mass is 16.5. The van der Waals surface area contributed by atoms with E-state index in [-0.39, 0.29) is 5.91 Å². The van der Waals surface area contributed by atoms with Crippen LogP contribution < -0.4 is 10.1 Å². The molecule has 2 aromatic rings. The summed E-state index contributed by atoms with van der Waals surface area (Å²) in [5.74, 6) is 0.873. The van der Waals surface area contributed by atoms with Crippen LogP contribution >= 0.6 is 0 Å². The number of rotatable bonds is 7. The highest BCUT2D eigenvalue weighted by molar-refractivity contribution is 5.96. The van der Waals surface area contributed by atoms with Gasteiger partial charge in [0.1, 0.15) is 5.75 Å². The molecule has 1 amide bonds. The van der Waals surface area contributed by atoms with Crippen LogP contribution in [0.5, 0.6) is 5.75 Å². The molecule has 2 rings (SSSR count). The summed E-state index contributed by atoms with van der Waals surface area (Å²) < 4.78 is 5.52. The fraction of sp³-hybridized carbons (Fsp3) is 0.316. The minimum absolute atomic E-state index is 0.0848. The molecular weight excluding hydrogens is 274 g/mol. The van der Waals surface area contributed by atoms with E-state index in [0.717, 1.165) is 6.42 Å². The molecule has 0 aliphatic carbocycles. The second-order valence-corrected chi connectivity index (χ2v) is 5.16. The SMILES string of the molecule is CCOc1ccccc1C(=O)NCC(CC)c1ccccc1. The predicted molar refractivity (Wildman–Crippen MR) is 89.4 cm³/mol. The van der Waals surface area contributed by atoms with Crippen LogP contribution in [0.3, 0.4) is 0 Å². The Labute approximate surface area is 132 Å². The summed E-state index contributed by atoms with van der Waals surface area (Å²) in [6, 6.07) is 17.6. The molecule has 0 aliphatic rings. The molecule has 0 fully saturated rings. The molecular formula is C19H23NO2. The van der Waals surface area contributed by atoms with E-state index in [1.54, 1.807) is 6.07 Å². The number of hydrogen-bond acceptors (Lipinski definition) is 2. The maximum absolute atomic E-state index is 12.4. The van der Waals surface area contributed by atoms with Gasteiger partial charge >= 0.3 is 0 Å². The lowest BCUT2D eigenvalue weighted by Gasteiger charge is -2.17. The smallest absolute Gasteiger partial charge is 0.255 e. The summed E-state index contributed by atoms with van der Waals surface area (Å²) in [6.07, 6.45) is 0.984. The molecule has 0 aliphatic heterocycles. The van der Waals surface area contributed by atoms with Crippen LogP contribution in [-0.2, 0) is 0 Å². The van der Waals surface area contributed by atoms with Crippen molar-refractivity contribution in [3.63, 3.8) is 0 Å². The van der Waals surface area contributed by atoms with Gasteiger partial charge in [0.25, 0.3) is 5.91 Å². The number of amides is 1. The number of ether oxygens (including phenoxy) is 1. The molecule has 3 nitrogen and oxygen atoms in total. The number of para-hydroxylation sites is 1. The van der Waals surface area contributed by atoms with Crippen molar-refractivity contribution < 1.29 is 9.53 Å². The summed E-state index contributed by atoms with van der Waals surface area (Å²) in [4.78, 5) is 12.4. The fourth-order valence-electron chi connectivity index (χ4n) is 2.47. The Hall–Kier alpha value is -2.29. The maximum atomic E-state index is 12.4. The van der Waals surface area contributed by atoms with Gasteiger partial charge in [-0.2, -0.15) is 0 Å². The first kappa shape index (κ1) is 16.1. The van der Waals surface area contributed by atoms with Gasteiger partial charge in [-0.15, -0.1) is 0 Å². The molecule has 116 valence electrons. The van der Waals surface area contributed by atoms with E-state index in [1.807, 2.05) is 43.3 Å². The van der Waals surface area contributed by atoms with E-state index in [2.05, 4.69) is 24.4 Å². The zero-order valence-electron chi connectivity index (χ0n) is 13.2. The Balaban J connectivity index is 2.03. The molecule has 0 saturated heterocycles. The van der Waals surface area contributed by atoms with E-state index in [1.165, 1.54) is 5.56 Å². The summed E-state index contributed by atoms with van der Waals surface area (Å²) in [5.41, 5.74) is 1.84. The van der Waals surface area contributed by atoms with Gasteiger partial charge in [-0.1, -0.05) is 49.4 Å². The number of carbonyl (C=O) groups excluding carboxylic acids is 1. The van der Waals surface area contributed by atoms with Crippen molar-refractivity contribution in [2.45, 2.75) is 26.2 Å². The van der Waals surface area contributed by atoms with E-state index in [9.17, 15) is 4.79 Å². The van der Waals surface area contributed by atoms with Crippen LogP contribution in [0.4, 0.5) is 0 Å². The molecule has 1 atom stereocenters. The lowest BCUT2D eigenvalue weighted by Crippen LogP contribution is -2.28. The van der Waals surface area contributed by atoms with Crippen molar-refractivity contribution in [1.29, 1.82) is 0 Å². The standard InChI is InChI=1S/C19H23NO2/c1-3-15(16-10-6-5-7-11-16)14-20-19(21)17-12-8-9-13-18(17)22-4-2/h5-13,15H,3-4,14H2,1-2H3,(H,20,21). The van der Waals surface area contributed by atoms with Gasteiger partial charge in [0.15, 0.2) is 0 Å². The minimum atomic E-state index is -0.0848. The highest BCUT2D eigenvalue weighted by Gasteiger charge is 2.14. The normalized spacial score (nSPS) is 11.7. The third-order valence-electron chi connectivity index (χ3n) is 3.70. The summed E-state index contributed by atoms with van der Waals surface area (Å²) >= 11 is 0. The summed E-state index contributed by atoms with van der Waals surface area (Å²) in [6.45, 7) is 5.22. The van der Waals surface area contributed by atoms with Crippen molar-refractivity contribution in [1.82, 2.24) is 5.32 Å². The number of hydrogen-bond donors (Lipinski definition) is 1. The fourth-order valence-corrected chi connectivity index (χ4v) is 2.47. The second kappa shape index (κ2) is 8.23. The predicted octanol–water partition coefficient (Wildman–Crippen LogP) is 4.01. The molecule has 0 spiro atoms. The molecule has 0 aromatic heterocycles. The first-order chi connectivity index (χ1) is 10.8. The lowest BCUT2D eigenvalue weighted by molar-refractivity contribution is 0.0947. The number of benzene rings is 2. The van der Waals surface area contributed by atoms with Gasteiger partial charge in [-0.25, -0.2) is 0 Å². The third kappa shape index (κ3) is 4.10. The Bertz CT molecular complexity index is 595. The van der Waals surface area contributed by atoms with Crippen LogP contribution in [0.2, 0.25) is 0 Å². The first-order valence-electron chi connectivity index (χ1n) is 7.81. The lowest BCUT2D eigenvalue weighted by atomic mass is 9.96. The Kier molecular flexibility index (Phi) is 6.01. The van der Waals surface area contributed by atoms with Crippen molar-refractivity contribution in [3.8, 4) is 5.75 Å². The van der Waals surface area contributed by atoms with Crippen LogP contribution in [-0.4, -0.2) is 19.1 Å². The Morgan fingerprint density at radius 3 is 2.41 bits per heavy atom. The van der Waals surface area contributed by atoms with E-state index in [0.29, 0.717) is 30.4 Å². The van der Waals surface area contributed by atoms with E-state index < -0.39 is 0 Å². The van der Waals surface area contributed by atoms with Gasteiger partial charge in [0.2, 0.25) is 0 Å². The topological polar surface area (TPSA) is 38.3 Å². The third-order valence-corrected chi connectivity index (χ3v) is 3.70. The molecule has 0 saturated carbocycles. The molecule has 22 heavy (non-hydrogen) atoms. The number of carbonyl (C=O) groups is 1. The first-order valence-corrected chi connectivity index (χ1v) is 7.81. The van der Waals surface area contributed by atoms with Crippen LogP contribution in [0, 0.1) is 0 Å². The molecule has 1 N–H and O–H groups in total. The van der Waals surface area contributed by atoms with Crippen LogP contribution in [0.15, 0.2) is 54.6 Å². The van der Waals surface area contributed by atoms with Gasteiger partial charge in [0.05, 0.1) is 12.2 Å². The van der Waals surface area contributed by atoms with Crippen molar-refractivity contribution >= 4 is 5.91 Å². The Morgan fingerprint density at radius 1 is 1.05 bits per heavy atom.